The van der Waals surface area contributed by atoms with Crippen LogP contribution in [0.1, 0.15) is 5.56 Å². The second kappa shape index (κ2) is 5.46. The van der Waals surface area contributed by atoms with E-state index in [1.165, 1.54) is 17.3 Å². The van der Waals surface area contributed by atoms with Gasteiger partial charge in [0, 0.05) is 25.5 Å². The number of hydrogen-bond donors (Lipinski definition) is 0. The summed E-state index contributed by atoms with van der Waals surface area (Å²) in [5.74, 6) is 0. The van der Waals surface area contributed by atoms with Gasteiger partial charge in [0.15, 0.2) is 0 Å². The van der Waals surface area contributed by atoms with Crippen molar-refractivity contribution in [3.63, 3.8) is 0 Å². The molecule has 0 bridgehead atoms. The number of aromatic nitrogens is 4. The van der Waals surface area contributed by atoms with Crippen LogP contribution in [0.5, 0.6) is 0 Å². The minimum absolute atomic E-state index is 0.907. The molecular weight excluding hydrogens is 258 g/mol. The van der Waals surface area contributed by atoms with Gasteiger partial charge < -0.3 is 4.90 Å². The summed E-state index contributed by atoms with van der Waals surface area (Å²) in [6.45, 7) is 2.79. The molecule has 1 aromatic carbocycles. The molecule has 3 aromatic rings. The lowest BCUT2D eigenvalue weighted by Gasteiger charge is -2.16. The molecule has 0 fully saturated rings. The van der Waals surface area contributed by atoms with Crippen molar-refractivity contribution in [3.8, 4) is 0 Å². The third-order valence-electron chi connectivity index (χ3n) is 3.04. The summed E-state index contributed by atoms with van der Waals surface area (Å²) < 4.78 is 10.4. The summed E-state index contributed by atoms with van der Waals surface area (Å²) in [5.41, 5.74) is 3.24. The van der Waals surface area contributed by atoms with E-state index in [0.717, 1.165) is 30.7 Å². The van der Waals surface area contributed by atoms with Gasteiger partial charge in [0.25, 0.3) is 0 Å². The molecule has 5 nitrogen and oxygen atoms in total. The Kier molecular flexibility index (Phi) is 3.52. The van der Waals surface area contributed by atoms with Gasteiger partial charge in [-0.25, -0.2) is 0 Å². The molecule has 0 aliphatic heterocycles. The monoisotopic (exact) mass is 273 g/mol. The van der Waals surface area contributed by atoms with Crippen LogP contribution in [0.4, 0.5) is 0 Å². The molecule has 19 heavy (non-hydrogen) atoms. The van der Waals surface area contributed by atoms with E-state index in [1.54, 1.807) is 0 Å². The van der Waals surface area contributed by atoms with Gasteiger partial charge in [0.05, 0.1) is 18.3 Å². The lowest BCUT2D eigenvalue weighted by molar-refractivity contribution is 0.305. The first kappa shape index (κ1) is 12.3. The van der Waals surface area contributed by atoms with Crippen molar-refractivity contribution in [2.75, 3.05) is 13.6 Å². The Hall–Kier alpha value is -1.79. The molecule has 2 heterocycles. The highest BCUT2D eigenvalue weighted by Gasteiger charge is 2.04. The van der Waals surface area contributed by atoms with Crippen molar-refractivity contribution in [1.29, 1.82) is 0 Å². The molecule has 0 amide bonds. The van der Waals surface area contributed by atoms with E-state index in [4.69, 9.17) is 0 Å². The summed E-state index contributed by atoms with van der Waals surface area (Å²) in [6.07, 6.45) is 3.80. The van der Waals surface area contributed by atoms with E-state index >= 15 is 0 Å². The van der Waals surface area contributed by atoms with Crippen molar-refractivity contribution in [1.82, 2.24) is 23.4 Å². The Morgan fingerprint density at radius 3 is 3.00 bits per heavy atom. The number of nitrogens with zero attached hydrogens (tertiary/aromatic N) is 5. The Bertz CT molecular complexity index is 646. The smallest absolute Gasteiger partial charge is 0.105 e. The first-order valence-electron chi connectivity index (χ1n) is 6.18. The Morgan fingerprint density at radius 2 is 2.16 bits per heavy atom. The predicted octanol–water partition coefficient (Wildman–Crippen LogP) is 2.02. The van der Waals surface area contributed by atoms with Gasteiger partial charge in [-0.05, 0) is 30.8 Å². The highest BCUT2D eigenvalue weighted by Crippen LogP contribution is 2.14. The zero-order valence-corrected chi connectivity index (χ0v) is 11.5. The molecule has 0 spiro atoms. The second-order valence-corrected chi connectivity index (χ2v) is 5.12. The van der Waals surface area contributed by atoms with Crippen molar-refractivity contribution in [2.45, 2.75) is 13.1 Å². The average molecular weight is 273 g/mol. The molecule has 0 N–H and O–H groups in total. The quantitative estimate of drug-likeness (QED) is 0.713. The lowest BCUT2D eigenvalue weighted by atomic mass is 10.2. The number of benzene rings is 1. The van der Waals surface area contributed by atoms with E-state index < -0.39 is 0 Å². The topological polar surface area (TPSA) is 46.8 Å². The van der Waals surface area contributed by atoms with Gasteiger partial charge in [0.1, 0.15) is 11.0 Å². The number of fused-ring (bicyclic) bond motifs is 1. The standard InChI is InChI=1S/C13H15N5S/c1-17(7-8-18-6-2-5-14-18)10-11-3-4-12-13(9-11)16-19-15-12/h2-6,9H,7-8,10H2,1H3. The van der Waals surface area contributed by atoms with Crippen LogP contribution in [0.3, 0.4) is 0 Å². The largest absolute Gasteiger partial charge is 0.300 e. The van der Waals surface area contributed by atoms with Gasteiger partial charge >= 0.3 is 0 Å². The predicted molar refractivity (Wildman–Crippen MR) is 76.0 cm³/mol. The zero-order chi connectivity index (χ0) is 13.1. The second-order valence-electron chi connectivity index (χ2n) is 4.59. The molecule has 0 aliphatic carbocycles. The van der Waals surface area contributed by atoms with E-state index in [0.29, 0.717) is 0 Å². The molecule has 0 unspecified atom stereocenters. The average Bonchev–Trinajstić information content (AvgIpc) is 3.07. The van der Waals surface area contributed by atoms with Crippen molar-refractivity contribution in [2.24, 2.45) is 0 Å². The zero-order valence-electron chi connectivity index (χ0n) is 10.7. The maximum atomic E-state index is 4.27. The van der Waals surface area contributed by atoms with Gasteiger partial charge in [0.2, 0.25) is 0 Å². The minimum Gasteiger partial charge on any atom is -0.300 e. The minimum atomic E-state index is 0.907. The molecule has 0 aliphatic rings. The van der Waals surface area contributed by atoms with E-state index in [2.05, 4.69) is 37.9 Å². The first-order chi connectivity index (χ1) is 9.31. The van der Waals surface area contributed by atoms with Crippen molar-refractivity contribution >= 4 is 22.8 Å². The molecular formula is C13H15N5S. The van der Waals surface area contributed by atoms with Crippen molar-refractivity contribution < 1.29 is 0 Å². The molecule has 0 saturated carbocycles. The Balaban J connectivity index is 1.60. The van der Waals surface area contributed by atoms with E-state index in [1.807, 2.05) is 29.2 Å². The van der Waals surface area contributed by atoms with Gasteiger partial charge in [-0.15, -0.1) is 0 Å². The van der Waals surface area contributed by atoms with Crippen LogP contribution in [0.25, 0.3) is 11.0 Å². The van der Waals surface area contributed by atoms with Crippen LogP contribution >= 0.6 is 11.7 Å². The Labute approximate surface area is 115 Å². The molecule has 2 aromatic heterocycles. The van der Waals surface area contributed by atoms with Gasteiger partial charge in [-0.1, -0.05) is 6.07 Å². The van der Waals surface area contributed by atoms with E-state index in [9.17, 15) is 0 Å². The summed E-state index contributed by atoms with van der Waals surface area (Å²) >= 11 is 1.26. The number of rotatable bonds is 5. The Morgan fingerprint density at radius 1 is 1.26 bits per heavy atom. The molecule has 0 radical (unpaired) electrons. The fraction of sp³-hybridized carbons (Fsp3) is 0.308. The lowest BCUT2D eigenvalue weighted by Crippen LogP contribution is -2.23. The number of hydrogen-bond acceptors (Lipinski definition) is 5. The maximum absolute atomic E-state index is 4.27. The van der Waals surface area contributed by atoms with Crippen LogP contribution in [-0.2, 0) is 13.1 Å². The number of likely N-dealkylation sites (N-methyl/N-ethyl adjacent to an activating group) is 1. The third kappa shape index (κ3) is 2.97. The first-order valence-corrected chi connectivity index (χ1v) is 6.91. The van der Waals surface area contributed by atoms with Crippen LogP contribution in [0.2, 0.25) is 0 Å². The SMILES string of the molecule is CN(CCn1cccn1)Cc1ccc2nsnc2c1. The van der Waals surface area contributed by atoms with Crippen LogP contribution in [0.15, 0.2) is 36.7 Å². The van der Waals surface area contributed by atoms with Crippen LogP contribution in [-0.4, -0.2) is 37.0 Å². The summed E-state index contributed by atoms with van der Waals surface area (Å²) in [5, 5.41) is 4.20. The summed E-state index contributed by atoms with van der Waals surface area (Å²) in [6, 6.07) is 8.22. The summed E-state index contributed by atoms with van der Waals surface area (Å²) in [7, 11) is 2.12. The highest BCUT2D eigenvalue weighted by atomic mass is 32.1. The highest BCUT2D eigenvalue weighted by molar-refractivity contribution is 7.00. The summed E-state index contributed by atoms with van der Waals surface area (Å²) in [4.78, 5) is 2.28. The molecule has 98 valence electrons. The normalized spacial score (nSPS) is 11.5. The molecule has 0 atom stereocenters. The molecule has 0 saturated heterocycles. The van der Waals surface area contributed by atoms with Gasteiger partial charge in [-0.3, -0.25) is 4.68 Å². The molecule has 3 rings (SSSR count). The fourth-order valence-corrected chi connectivity index (χ4v) is 2.54. The third-order valence-corrected chi connectivity index (χ3v) is 3.60. The van der Waals surface area contributed by atoms with Crippen LogP contribution < -0.4 is 0 Å². The van der Waals surface area contributed by atoms with Crippen LogP contribution in [0, 0.1) is 0 Å². The van der Waals surface area contributed by atoms with Crippen molar-refractivity contribution in [3.05, 3.63) is 42.2 Å². The maximum Gasteiger partial charge on any atom is 0.105 e. The van der Waals surface area contributed by atoms with Gasteiger partial charge in [-0.2, -0.15) is 13.8 Å². The van der Waals surface area contributed by atoms with E-state index in [-0.39, 0.29) is 0 Å². The molecule has 6 heteroatoms. The fourth-order valence-electron chi connectivity index (χ4n) is 2.02.